The van der Waals surface area contributed by atoms with Gasteiger partial charge in [0.1, 0.15) is 11.6 Å². The van der Waals surface area contributed by atoms with Gasteiger partial charge in [-0.2, -0.15) is 0 Å². The summed E-state index contributed by atoms with van der Waals surface area (Å²) in [7, 11) is 0. The summed E-state index contributed by atoms with van der Waals surface area (Å²) in [6, 6.07) is 9.72. The van der Waals surface area contributed by atoms with Crippen LogP contribution >= 0.6 is 0 Å². The predicted molar refractivity (Wildman–Crippen MR) is 72.7 cm³/mol. The summed E-state index contributed by atoms with van der Waals surface area (Å²) in [6.45, 7) is 0. The molecule has 2 rings (SSSR count). The smallest absolute Gasteiger partial charge is 0.249 e. The minimum atomic E-state index is -0.449. The van der Waals surface area contributed by atoms with Crippen molar-refractivity contribution in [1.82, 2.24) is 4.98 Å². The van der Waals surface area contributed by atoms with Gasteiger partial charge in [-0.15, -0.1) is 0 Å². The monoisotopic (exact) mass is 257 g/mol. The summed E-state index contributed by atoms with van der Waals surface area (Å²) in [6.07, 6.45) is 4.06. The topological polar surface area (TPSA) is 68.0 Å². The highest BCUT2D eigenvalue weighted by Crippen LogP contribution is 2.08. The number of nitrogen functional groups attached to an aromatic ring is 1. The molecule has 96 valence electrons. The zero-order valence-electron chi connectivity index (χ0n) is 10.0. The second kappa shape index (κ2) is 5.77. The summed E-state index contributed by atoms with van der Waals surface area (Å²) in [5.74, 6) is -0.486. The number of anilines is 2. The van der Waals surface area contributed by atoms with Crippen LogP contribution < -0.4 is 11.1 Å². The Morgan fingerprint density at radius 1 is 1.21 bits per heavy atom. The van der Waals surface area contributed by atoms with Gasteiger partial charge in [0.25, 0.3) is 0 Å². The van der Waals surface area contributed by atoms with E-state index in [-0.39, 0.29) is 5.91 Å². The molecule has 0 atom stereocenters. The third-order valence-electron chi connectivity index (χ3n) is 2.34. The quantitative estimate of drug-likeness (QED) is 0.655. The fourth-order valence-electron chi connectivity index (χ4n) is 1.40. The maximum absolute atomic E-state index is 12.6. The van der Waals surface area contributed by atoms with Gasteiger partial charge in [-0.1, -0.05) is 12.1 Å². The van der Waals surface area contributed by atoms with Gasteiger partial charge in [0.2, 0.25) is 5.91 Å². The van der Waals surface area contributed by atoms with Crippen molar-refractivity contribution in [3.63, 3.8) is 0 Å². The maximum atomic E-state index is 12.6. The van der Waals surface area contributed by atoms with E-state index in [1.54, 1.807) is 30.3 Å². The molecule has 0 aliphatic carbocycles. The molecule has 0 bridgehead atoms. The minimum absolute atomic E-state index is 0.299. The lowest BCUT2D eigenvalue weighted by atomic mass is 10.2. The molecule has 0 saturated carbocycles. The van der Waals surface area contributed by atoms with Crippen LogP contribution in [-0.2, 0) is 4.79 Å². The van der Waals surface area contributed by atoms with E-state index in [0.717, 1.165) is 11.8 Å². The lowest BCUT2D eigenvalue weighted by Crippen LogP contribution is -2.08. The first-order valence-electron chi connectivity index (χ1n) is 5.59. The Labute approximate surface area is 109 Å². The number of aromatic nitrogens is 1. The zero-order valence-corrected chi connectivity index (χ0v) is 10.0. The second-order valence-corrected chi connectivity index (χ2v) is 3.85. The molecule has 0 fully saturated rings. The van der Waals surface area contributed by atoms with E-state index >= 15 is 0 Å². The van der Waals surface area contributed by atoms with E-state index in [1.807, 2.05) is 0 Å². The minimum Gasteiger partial charge on any atom is -0.399 e. The molecular formula is C14H12FN3O. The van der Waals surface area contributed by atoms with Crippen LogP contribution in [0.2, 0.25) is 0 Å². The number of nitrogens with two attached hydrogens (primary N) is 1. The van der Waals surface area contributed by atoms with Crippen molar-refractivity contribution in [2.24, 2.45) is 0 Å². The van der Waals surface area contributed by atoms with Crippen LogP contribution in [0.3, 0.4) is 0 Å². The molecule has 0 saturated heterocycles. The van der Waals surface area contributed by atoms with Crippen LogP contribution in [0.5, 0.6) is 0 Å². The number of hydrogen-bond acceptors (Lipinski definition) is 3. The largest absolute Gasteiger partial charge is 0.399 e. The number of hydrogen-bond donors (Lipinski definition) is 2. The van der Waals surface area contributed by atoms with E-state index in [0.29, 0.717) is 11.5 Å². The van der Waals surface area contributed by atoms with Crippen molar-refractivity contribution >= 4 is 23.5 Å². The Kier molecular flexibility index (Phi) is 3.87. The molecule has 2 aromatic rings. The lowest BCUT2D eigenvalue weighted by Gasteiger charge is -2.00. The molecule has 1 aromatic heterocycles. The fourth-order valence-corrected chi connectivity index (χ4v) is 1.40. The first-order valence-corrected chi connectivity index (χ1v) is 5.59. The third kappa shape index (κ3) is 3.92. The SMILES string of the molecule is Nc1ccc(/C=C/C(=O)Nc2ccc(F)cn2)cc1. The standard InChI is InChI=1S/C14H12FN3O/c15-11-4-7-13(17-9-11)18-14(19)8-3-10-1-5-12(16)6-2-10/h1-9H,16H2,(H,17,18,19)/b8-3+. The molecular weight excluding hydrogens is 245 g/mol. The van der Waals surface area contributed by atoms with Crippen LogP contribution in [0.1, 0.15) is 5.56 Å². The van der Waals surface area contributed by atoms with Gasteiger partial charge >= 0.3 is 0 Å². The number of carbonyl (C=O) groups excluding carboxylic acids is 1. The predicted octanol–water partition coefficient (Wildman–Crippen LogP) is 2.45. The molecule has 19 heavy (non-hydrogen) atoms. The van der Waals surface area contributed by atoms with Crippen LogP contribution in [0.25, 0.3) is 6.08 Å². The van der Waals surface area contributed by atoms with Crippen LogP contribution in [0, 0.1) is 5.82 Å². The summed E-state index contributed by atoms with van der Waals surface area (Å²) >= 11 is 0. The normalized spacial score (nSPS) is 10.6. The van der Waals surface area contributed by atoms with Gasteiger partial charge in [0.05, 0.1) is 6.20 Å². The van der Waals surface area contributed by atoms with E-state index in [2.05, 4.69) is 10.3 Å². The summed E-state index contributed by atoms with van der Waals surface area (Å²) in [5.41, 5.74) is 7.08. The van der Waals surface area contributed by atoms with E-state index in [1.165, 1.54) is 18.2 Å². The third-order valence-corrected chi connectivity index (χ3v) is 2.34. The Morgan fingerprint density at radius 2 is 1.95 bits per heavy atom. The van der Waals surface area contributed by atoms with Crippen LogP contribution in [0.15, 0.2) is 48.7 Å². The van der Waals surface area contributed by atoms with Gasteiger partial charge in [0, 0.05) is 11.8 Å². The van der Waals surface area contributed by atoms with Crippen LogP contribution in [0.4, 0.5) is 15.9 Å². The van der Waals surface area contributed by atoms with Crippen molar-refractivity contribution in [1.29, 1.82) is 0 Å². The Balaban J connectivity index is 1.97. The van der Waals surface area contributed by atoms with E-state index in [9.17, 15) is 9.18 Å². The molecule has 0 aliphatic heterocycles. The summed E-state index contributed by atoms with van der Waals surface area (Å²) in [4.78, 5) is 15.3. The Morgan fingerprint density at radius 3 is 2.58 bits per heavy atom. The number of nitrogens with zero attached hydrogens (tertiary/aromatic N) is 1. The number of amides is 1. The van der Waals surface area contributed by atoms with Gasteiger partial charge < -0.3 is 11.1 Å². The lowest BCUT2D eigenvalue weighted by molar-refractivity contribution is -0.111. The number of benzene rings is 1. The molecule has 0 radical (unpaired) electrons. The van der Waals surface area contributed by atoms with Gasteiger partial charge in [-0.25, -0.2) is 9.37 Å². The molecule has 1 aromatic carbocycles. The highest BCUT2D eigenvalue weighted by molar-refractivity contribution is 6.01. The highest BCUT2D eigenvalue weighted by Gasteiger charge is 1.99. The Hall–Kier alpha value is -2.69. The molecule has 1 heterocycles. The number of halogens is 1. The van der Waals surface area contributed by atoms with Gasteiger partial charge in [-0.3, -0.25) is 4.79 Å². The average Bonchev–Trinajstić information content (AvgIpc) is 2.41. The second-order valence-electron chi connectivity index (χ2n) is 3.85. The molecule has 3 N–H and O–H groups in total. The maximum Gasteiger partial charge on any atom is 0.249 e. The van der Waals surface area contributed by atoms with Crippen molar-refractivity contribution in [3.05, 3.63) is 60.1 Å². The van der Waals surface area contributed by atoms with Crippen molar-refractivity contribution in [2.75, 3.05) is 11.1 Å². The van der Waals surface area contributed by atoms with Gasteiger partial charge in [0.15, 0.2) is 0 Å². The first-order chi connectivity index (χ1) is 9.13. The molecule has 5 heteroatoms. The number of rotatable bonds is 3. The van der Waals surface area contributed by atoms with Crippen molar-refractivity contribution in [2.45, 2.75) is 0 Å². The summed E-state index contributed by atoms with van der Waals surface area (Å²) < 4.78 is 12.6. The van der Waals surface area contributed by atoms with Gasteiger partial charge in [-0.05, 0) is 35.9 Å². The zero-order chi connectivity index (χ0) is 13.7. The van der Waals surface area contributed by atoms with E-state index < -0.39 is 5.82 Å². The molecule has 0 spiro atoms. The van der Waals surface area contributed by atoms with E-state index in [4.69, 9.17) is 5.73 Å². The molecule has 0 unspecified atom stereocenters. The highest BCUT2D eigenvalue weighted by atomic mass is 19.1. The number of pyridine rings is 1. The first kappa shape index (κ1) is 12.8. The average molecular weight is 257 g/mol. The Bertz CT molecular complexity index is 591. The van der Waals surface area contributed by atoms with Crippen LogP contribution in [-0.4, -0.2) is 10.9 Å². The molecule has 1 amide bonds. The fraction of sp³-hybridized carbons (Fsp3) is 0. The van der Waals surface area contributed by atoms with Crippen molar-refractivity contribution < 1.29 is 9.18 Å². The molecule has 0 aliphatic rings. The summed E-state index contributed by atoms with van der Waals surface area (Å²) in [5, 5.41) is 2.52. The molecule has 4 nitrogen and oxygen atoms in total. The number of nitrogens with one attached hydrogen (secondary N) is 1. The number of carbonyl (C=O) groups is 1. The van der Waals surface area contributed by atoms with Crippen molar-refractivity contribution in [3.8, 4) is 0 Å².